The number of hydrazone groups is 1. The van der Waals surface area contributed by atoms with Gasteiger partial charge in [-0.05, 0) is 42.7 Å². The van der Waals surface area contributed by atoms with Crippen LogP contribution in [-0.4, -0.2) is 17.8 Å². The molecule has 0 saturated carbocycles. The van der Waals surface area contributed by atoms with Gasteiger partial charge in [0.2, 0.25) is 5.13 Å². The van der Waals surface area contributed by atoms with Crippen LogP contribution in [-0.2, 0) is 6.42 Å². The largest absolute Gasteiger partial charge is 0.494 e. The van der Waals surface area contributed by atoms with Crippen LogP contribution in [0.2, 0.25) is 0 Å². The molecule has 0 aliphatic rings. The summed E-state index contributed by atoms with van der Waals surface area (Å²) in [6.45, 7) is 6.38. The number of anilines is 2. The van der Waals surface area contributed by atoms with Crippen LogP contribution in [0.3, 0.4) is 0 Å². The predicted molar refractivity (Wildman–Crippen MR) is 89.3 cm³/mol. The second kappa shape index (κ2) is 7.44. The highest BCUT2D eigenvalue weighted by Gasteiger charge is 2.03. The number of aromatic nitrogens is 1. The monoisotopic (exact) mass is 302 g/mol. The van der Waals surface area contributed by atoms with E-state index in [9.17, 15) is 0 Å². The maximum absolute atomic E-state index is 5.59. The molecule has 1 heterocycles. The van der Waals surface area contributed by atoms with Gasteiger partial charge >= 0.3 is 0 Å². The van der Waals surface area contributed by atoms with Crippen molar-refractivity contribution in [1.82, 2.24) is 4.98 Å². The molecule has 110 valence electrons. The van der Waals surface area contributed by atoms with Crippen molar-refractivity contribution in [3.8, 4) is 5.75 Å². The zero-order valence-electron chi connectivity index (χ0n) is 11.9. The van der Waals surface area contributed by atoms with E-state index in [1.165, 1.54) is 11.3 Å². The summed E-state index contributed by atoms with van der Waals surface area (Å²) in [5.41, 5.74) is 10.5. The first-order chi connectivity index (χ1) is 10.2. The Hall–Kier alpha value is -2.34. The van der Waals surface area contributed by atoms with Gasteiger partial charge in [0.25, 0.3) is 0 Å². The molecule has 0 aliphatic carbocycles. The van der Waals surface area contributed by atoms with Crippen LogP contribution in [0.1, 0.15) is 18.1 Å². The van der Waals surface area contributed by atoms with Gasteiger partial charge in [-0.25, -0.2) is 4.98 Å². The van der Waals surface area contributed by atoms with E-state index in [4.69, 9.17) is 10.5 Å². The molecule has 6 heteroatoms. The summed E-state index contributed by atoms with van der Waals surface area (Å²) < 4.78 is 5.59. The Morgan fingerprint density at radius 3 is 3.05 bits per heavy atom. The molecule has 0 spiro atoms. The minimum absolute atomic E-state index is 0.493. The predicted octanol–water partition coefficient (Wildman–Crippen LogP) is 3.30. The van der Waals surface area contributed by atoms with Crippen LogP contribution >= 0.6 is 11.3 Å². The Balaban J connectivity index is 2.08. The Morgan fingerprint density at radius 2 is 2.38 bits per heavy atom. The molecule has 0 aliphatic heterocycles. The van der Waals surface area contributed by atoms with E-state index in [2.05, 4.69) is 22.1 Å². The fraction of sp³-hybridized carbons (Fsp3) is 0.200. The SMILES string of the molecule is C=CCc1cc(C=NNc2nc(N)cs2)ccc1OCC. The topological polar surface area (TPSA) is 72.5 Å². The lowest BCUT2D eigenvalue weighted by atomic mass is 10.1. The second-order valence-electron chi connectivity index (χ2n) is 4.24. The van der Waals surface area contributed by atoms with E-state index in [0.29, 0.717) is 17.6 Å². The summed E-state index contributed by atoms with van der Waals surface area (Å²) in [5, 5.41) is 6.58. The first-order valence-corrected chi connectivity index (χ1v) is 7.47. The third kappa shape index (κ3) is 4.32. The molecule has 0 radical (unpaired) electrons. The molecule has 1 aromatic heterocycles. The van der Waals surface area contributed by atoms with Crippen LogP contribution in [0.5, 0.6) is 5.75 Å². The highest BCUT2D eigenvalue weighted by atomic mass is 32.1. The zero-order chi connectivity index (χ0) is 15.1. The molecule has 5 nitrogen and oxygen atoms in total. The van der Waals surface area contributed by atoms with Crippen LogP contribution in [0.15, 0.2) is 41.3 Å². The molecule has 21 heavy (non-hydrogen) atoms. The molecule has 2 aromatic rings. The number of benzene rings is 1. The number of allylic oxidation sites excluding steroid dienone is 1. The third-order valence-corrected chi connectivity index (χ3v) is 3.41. The van der Waals surface area contributed by atoms with Gasteiger partial charge in [0, 0.05) is 5.38 Å². The first kappa shape index (κ1) is 15.1. The standard InChI is InChI=1S/C15H18N4OS/c1-3-5-12-8-11(6-7-13(12)20-4-2)9-17-19-15-18-14(16)10-21-15/h3,6-10H,1,4-5,16H2,2H3,(H,18,19). The lowest BCUT2D eigenvalue weighted by molar-refractivity contribution is 0.337. The van der Waals surface area contributed by atoms with Crippen LogP contribution in [0, 0.1) is 0 Å². The van der Waals surface area contributed by atoms with Gasteiger partial charge in [0.05, 0.1) is 12.8 Å². The van der Waals surface area contributed by atoms with Crippen LogP contribution in [0.4, 0.5) is 10.9 Å². The van der Waals surface area contributed by atoms with Crippen molar-refractivity contribution in [3.05, 3.63) is 47.4 Å². The molecule has 0 unspecified atom stereocenters. The van der Waals surface area contributed by atoms with Crippen molar-refractivity contribution in [1.29, 1.82) is 0 Å². The second-order valence-corrected chi connectivity index (χ2v) is 5.10. The zero-order valence-corrected chi connectivity index (χ0v) is 12.7. The fourth-order valence-corrected chi connectivity index (χ4v) is 2.34. The smallest absolute Gasteiger partial charge is 0.205 e. The number of thiazole rings is 1. The number of nitrogens with two attached hydrogens (primary N) is 1. The van der Waals surface area contributed by atoms with Gasteiger partial charge < -0.3 is 10.5 Å². The lowest BCUT2D eigenvalue weighted by Crippen LogP contribution is -1.98. The van der Waals surface area contributed by atoms with Gasteiger partial charge in [-0.3, -0.25) is 5.43 Å². The molecule has 0 amide bonds. The Morgan fingerprint density at radius 1 is 1.52 bits per heavy atom. The minimum atomic E-state index is 0.493. The van der Waals surface area contributed by atoms with Crippen molar-refractivity contribution >= 4 is 28.5 Å². The quantitative estimate of drug-likeness (QED) is 0.467. The van der Waals surface area contributed by atoms with Gasteiger partial charge in [-0.15, -0.1) is 17.9 Å². The van der Waals surface area contributed by atoms with E-state index < -0.39 is 0 Å². The Bertz CT molecular complexity index is 636. The molecule has 0 atom stereocenters. The van der Waals surface area contributed by atoms with Gasteiger partial charge in [-0.2, -0.15) is 5.10 Å². The first-order valence-electron chi connectivity index (χ1n) is 6.59. The Kier molecular flexibility index (Phi) is 5.34. The van der Waals surface area contributed by atoms with E-state index in [0.717, 1.165) is 23.3 Å². The van der Waals surface area contributed by atoms with Crippen LogP contribution < -0.4 is 15.9 Å². The minimum Gasteiger partial charge on any atom is -0.494 e. The number of nitrogen functional groups attached to an aromatic ring is 1. The summed E-state index contributed by atoms with van der Waals surface area (Å²) in [4.78, 5) is 4.07. The van der Waals surface area contributed by atoms with Gasteiger partial charge in [-0.1, -0.05) is 6.08 Å². The lowest BCUT2D eigenvalue weighted by Gasteiger charge is -2.09. The summed E-state index contributed by atoms with van der Waals surface area (Å²) in [6.07, 6.45) is 4.35. The summed E-state index contributed by atoms with van der Waals surface area (Å²) >= 11 is 1.41. The molecular formula is C15H18N4OS. The molecular weight excluding hydrogens is 284 g/mol. The number of ether oxygens (including phenoxy) is 1. The van der Waals surface area contributed by atoms with E-state index in [-0.39, 0.29) is 0 Å². The summed E-state index contributed by atoms with van der Waals surface area (Å²) in [5.74, 6) is 1.38. The normalized spacial score (nSPS) is 10.7. The van der Waals surface area contributed by atoms with Crippen molar-refractivity contribution in [2.75, 3.05) is 17.8 Å². The van der Waals surface area contributed by atoms with Crippen molar-refractivity contribution in [2.45, 2.75) is 13.3 Å². The van der Waals surface area contributed by atoms with E-state index in [1.54, 1.807) is 11.6 Å². The molecule has 0 saturated heterocycles. The number of hydrogen-bond acceptors (Lipinski definition) is 6. The van der Waals surface area contributed by atoms with Gasteiger partial charge in [0.1, 0.15) is 11.6 Å². The summed E-state index contributed by atoms with van der Waals surface area (Å²) in [7, 11) is 0. The highest BCUT2D eigenvalue weighted by molar-refractivity contribution is 7.14. The van der Waals surface area contributed by atoms with Crippen molar-refractivity contribution in [3.63, 3.8) is 0 Å². The molecule has 1 aromatic carbocycles. The van der Waals surface area contributed by atoms with Crippen molar-refractivity contribution in [2.24, 2.45) is 5.10 Å². The van der Waals surface area contributed by atoms with Gasteiger partial charge in [0.15, 0.2) is 0 Å². The maximum atomic E-state index is 5.59. The molecule has 0 bridgehead atoms. The number of hydrogen-bond donors (Lipinski definition) is 2. The molecule has 2 rings (SSSR count). The van der Waals surface area contributed by atoms with E-state index in [1.807, 2.05) is 31.2 Å². The average molecular weight is 302 g/mol. The average Bonchev–Trinajstić information content (AvgIpc) is 2.88. The molecule has 3 N–H and O–H groups in total. The third-order valence-electron chi connectivity index (χ3n) is 2.64. The highest BCUT2D eigenvalue weighted by Crippen LogP contribution is 2.21. The fourth-order valence-electron chi connectivity index (χ4n) is 1.79. The Labute approximate surface area is 128 Å². The van der Waals surface area contributed by atoms with Crippen LogP contribution in [0.25, 0.3) is 0 Å². The summed E-state index contributed by atoms with van der Waals surface area (Å²) in [6, 6.07) is 5.94. The number of nitrogens with zero attached hydrogens (tertiary/aromatic N) is 2. The van der Waals surface area contributed by atoms with E-state index >= 15 is 0 Å². The van der Waals surface area contributed by atoms with Crippen molar-refractivity contribution < 1.29 is 4.74 Å². The molecule has 0 fully saturated rings. The number of rotatable bonds is 7. The number of nitrogens with one attached hydrogen (secondary N) is 1. The maximum Gasteiger partial charge on any atom is 0.205 e.